The normalized spacial score (nSPS) is 10.6. The molecule has 2 rings (SSSR count). The number of hydrogen-bond acceptors (Lipinski definition) is 5. The highest BCUT2D eigenvalue weighted by atomic mass is 35.5. The minimum atomic E-state index is -2.87. The first-order valence-electron chi connectivity index (χ1n) is 8.37. The second-order valence-corrected chi connectivity index (χ2v) is 6.30. The summed E-state index contributed by atoms with van der Waals surface area (Å²) >= 11 is 5.97. The molecule has 0 aliphatic heterocycles. The fourth-order valence-corrected chi connectivity index (χ4v) is 2.83. The van der Waals surface area contributed by atoms with E-state index in [2.05, 4.69) is 15.0 Å². The summed E-state index contributed by atoms with van der Waals surface area (Å²) in [4.78, 5) is 27.9. The highest BCUT2D eigenvalue weighted by Gasteiger charge is 2.18. The number of aryl methyl sites for hydroxylation is 2. The Balaban J connectivity index is 1.76. The Bertz CT molecular complexity index is 821. The number of rotatable bonds is 8. The third-order valence-electron chi connectivity index (χ3n) is 3.72. The predicted octanol–water partition coefficient (Wildman–Crippen LogP) is 3.47. The average Bonchev–Trinajstić information content (AvgIpc) is 2.60. The average molecular weight is 413 g/mol. The molecule has 28 heavy (non-hydrogen) atoms. The van der Waals surface area contributed by atoms with Gasteiger partial charge in [-0.2, -0.15) is 8.78 Å². The number of esters is 1. The third-order valence-corrected chi connectivity index (χ3v) is 4.00. The zero-order valence-electron chi connectivity index (χ0n) is 15.3. The van der Waals surface area contributed by atoms with Crippen LogP contribution in [0.2, 0.25) is 5.15 Å². The molecule has 0 radical (unpaired) electrons. The van der Waals surface area contributed by atoms with Gasteiger partial charge in [-0.1, -0.05) is 23.7 Å². The van der Waals surface area contributed by atoms with E-state index in [1.54, 1.807) is 32.0 Å². The molecule has 1 aromatic carbocycles. The smallest absolute Gasteiger partial charge is 0.387 e. The van der Waals surface area contributed by atoms with E-state index in [0.717, 1.165) is 5.56 Å². The van der Waals surface area contributed by atoms with Crippen molar-refractivity contribution >= 4 is 23.5 Å². The molecule has 0 unspecified atom stereocenters. The van der Waals surface area contributed by atoms with Crippen LogP contribution in [0.3, 0.4) is 0 Å². The molecule has 0 aliphatic carbocycles. The van der Waals surface area contributed by atoms with Crippen molar-refractivity contribution in [3.8, 4) is 5.75 Å². The molecule has 0 aliphatic rings. The summed E-state index contributed by atoms with van der Waals surface area (Å²) in [5.74, 6) is -1.13. The van der Waals surface area contributed by atoms with Crippen LogP contribution >= 0.6 is 11.6 Å². The summed E-state index contributed by atoms with van der Waals surface area (Å²) in [7, 11) is 0. The summed E-state index contributed by atoms with van der Waals surface area (Å²) < 4.78 is 33.4. The zero-order chi connectivity index (χ0) is 20.7. The number of carbonyl (C=O) groups excluding carboxylic acids is 2. The van der Waals surface area contributed by atoms with Crippen molar-refractivity contribution in [2.45, 2.75) is 26.9 Å². The Morgan fingerprint density at radius 2 is 1.89 bits per heavy atom. The monoisotopic (exact) mass is 412 g/mol. The van der Waals surface area contributed by atoms with E-state index >= 15 is 0 Å². The number of nitrogens with one attached hydrogen (secondary N) is 1. The Morgan fingerprint density at radius 1 is 1.21 bits per heavy atom. The van der Waals surface area contributed by atoms with Gasteiger partial charge >= 0.3 is 12.6 Å². The lowest BCUT2D eigenvalue weighted by molar-refractivity contribution is -0.124. The lowest BCUT2D eigenvalue weighted by Crippen LogP contribution is -2.30. The van der Waals surface area contributed by atoms with Gasteiger partial charge in [-0.3, -0.25) is 4.79 Å². The molecule has 1 amide bonds. The summed E-state index contributed by atoms with van der Waals surface area (Å²) in [5.41, 5.74) is 2.24. The van der Waals surface area contributed by atoms with E-state index in [9.17, 15) is 18.4 Å². The van der Waals surface area contributed by atoms with Gasteiger partial charge in [-0.25, -0.2) is 9.78 Å². The molecule has 0 fully saturated rings. The quantitative estimate of drug-likeness (QED) is 0.530. The van der Waals surface area contributed by atoms with Crippen LogP contribution in [0, 0.1) is 13.8 Å². The van der Waals surface area contributed by atoms with Crippen LogP contribution in [0.15, 0.2) is 30.3 Å². The van der Waals surface area contributed by atoms with Crippen LogP contribution in [0.25, 0.3) is 0 Å². The van der Waals surface area contributed by atoms with Crippen molar-refractivity contribution < 1.29 is 27.8 Å². The van der Waals surface area contributed by atoms with Crippen molar-refractivity contribution in [1.29, 1.82) is 0 Å². The van der Waals surface area contributed by atoms with E-state index in [1.807, 2.05) is 0 Å². The number of amides is 1. The van der Waals surface area contributed by atoms with E-state index < -0.39 is 25.1 Å². The molecule has 6 nitrogen and oxygen atoms in total. The maximum absolute atomic E-state index is 12.1. The van der Waals surface area contributed by atoms with Crippen molar-refractivity contribution in [1.82, 2.24) is 10.3 Å². The molecular weight excluding hydrogens is 394 g/mol. The molecule has 0 saturated heterocycles. The number of pyridine rings is 1. The fraction of sp³-hybridized carbons (Fsp3) is 0.316. The number of aromatic nitrogens is 1. The van der Waals surface area contributed by atoms with Crippen molar-refractivity contribution in [3.63, 3.8) is 0 Å². The van der Waals surface area contributed by atoms with Crippen LogP contribution in [0.5, 0.6) is 5.75 Å². The van der Waals surface area contributed by atoms with Crippen molar-refractivity contribution in [2.24, 2.45) is 0 Å². The summed E-state index contributed by atoms with van der Waals surface area (Å²) in [6.07, 6.45) is 0.474. The number of hydrogen-bond donors (Lipinski definition) is 1. The fourth-order valence-electron chi connectivity index (χ4n) is 2.47. The standard InChI is InChI=1S/C19H19ClF2N2O4/c1-11-9-12(2)24-17(20)16(11)18(26)27-10-15(25)23-8-7-13-3-5-14(6-4-13)28-19(21)22/h3-6,9,19H,7-8,10H2,1-2H3,(H,23,25). The first-order chi connectivity index (χ1) is 13.3. The maximum Gasteiger partial charge on any atom is 0.387 e. The van der Waals surface area contributed by atoms with Gasteiger partial charge in [0.2, 0.25) is 0 Å². The van der Waals surface area contributed by atoms with Gasteiger partial charge in [0.25, 0.3) is 5.91 Å². The molecule has 150 valence electrons. The van der Waals surface area contributed by atoms with Crippen LogP contribution in [-0.2, 0) is 16.0 Å². The number of carbonyl (C=O) groups is 2. The lowest BCUT2D eigenvalue weighted by Gasteiger charge is -2.10. The van der Waals surface area contributed by atoms with Crippen molar-refractivity contribution in [3.05, 3.63) is 57.9 Å². The lowest BCUT2D eigenvalue weighted by atomic mass is 10.1. The minimum absolute atomic E-state index is 0.0298. The highest BCUT2D eigenvalue weighted by Crippen LogP contribution is 2.19. The Hall–Kier alpha value is -2.74. The Kier molecular flexibility index (Phi) is 7.69. The number of ether oxygens (including phenoxy) is 2. The second kappa shape index (κ2) is 9.98. The number of nitrogens with zero attached hydrogens (tertiary/aromatic N) is 1. The summed E-state index contributed by atoms with van der Waals surface area (Å²) in [6, 6.07) is 7.79. The number of halogens is 3. The molecule has 0 saturated carbocycles. The van der Waals surface area contributed by atoms with Gasteiger partial charge in [0, 0.05) is 12.2 Å². The van der Waals surface area contributed by atoms with Gasteiger partial charge in [-0.05, 0) is 49.6 Å². The molecule has 1 heterocycles. The second-order valence-electron chi connectivity index (χ2n) is 5.94. The van der Waals surface area contributed by atoms with Crippen LogP contribution in [0.1, 0.15) is 27.2 Å². The van der Waals surface area contributed by atoms with Gasteiger partial charge in [0.15, 0.2) is 6.61 Å². The highest BCUT2D eigenvalue weighted by molar-refractivity contribution is 6.32. The SMILES string of the molecule is Cc1cc(C)c(C(=O)OCC(=O)NCCc2ccc(OC(F)F)cc2)c(Cl)n1. The molecule has 1 N–H and O–H groups in total. The largest absolute Gasteiger partial charge is 0.452 e. The molecule has 0 bridgehead atoms. The van der Waals surface area contributed by atoms with Crippen molar-refractivity contribution in [2.75, 3.05) is 13.2 Å². The first-order valence-corrected chi connectivity index (χ1v) is 8.75. The first kappa shape index (κ1) is 21.6. The molecule has 1 aromatic heterocycles. The van der Waals surface area contributed by atoms with Gasteiger partial charge in [-0.15, -0.1) is 0 Å². The van der Waals surface area contributed by atoms with E-state index in [0.29, 0.717) is 17.7 Å². The zero-order valence-corrected chi connectivity index (χ0v) is 16.1. The Labute approximate surface area is 165 Å². The third kappa shape index (κ3) is 6.45. The van der Waals surface area contributed by atoms with Crippen LogP contribution in [-0.4, -0.2) is 36.6 Å². The number of benzene rings is 1. The summed E-state index contributed by atoms with van der Waals surface area (Å²) in [5, 5.41) is 2.64. The van der Waals surface area contributed by atoms with Crippen LogP contribution < -0.4 is 10.1 Å². The molecule has 9 heteroatoms. The summed E-state index contributed by atoms with van der Waals surface area (Å²) in [6.45, 7) is 0.415. The topological polar surface area (TPSA) is 77.5 Å². The van der Waals surface area contributed by atoms with E-state index in [-0.39, 0.29) is 23.0 Å². The number of alkyl halides is 2. The van der Waals surface area contributed by atoms with E-state index in [1.165, 1.54) is 12.1 Å². The molecule has 2 aromatic rings. The molecule has 0 atom stereocenters. The van der Waals surface area contributed by atoms with Gasteiger partial charge < -0.3 is 14.8 Å². The van der Waals surface area contributed by atoms with E-state index in [4.69, 9.17) is 16.3 Å². The molecule has 0 spiro atoms. The van der Waals surface area contributed by atoms with Gasteiger partial charge in [0.1, 0.15) is 10.9 Å². The van der Waals surface area contributed by atoms with Gasteiger partial charge in [0.05, 0.1) is 5.56 Å². The maximum atomic E-state index is 12.1. The Morgan fingerprint density at radius 3 is 2.50 bits per heavy atom. The predicted molar refractivity (Wildman–Crippen MR) is 98.8 cm³/mol. The van der Waals surface area contributed by atoms with Crippen LogP contribution in [0.4, 0.5) is 8.78 Å². The minimum Gasteiger partial charge on any atom is -0.452 e. The molecular formula is C19H19ClF2N2O4.